The predicted octanol–water partition coefficient (Wildman–Crippen LogP) is 1.29. The van der Waals surface area contributed by atoms with E-state index in [1.165, 1.54) is 5.56 Å². The van der Waals surface area contributed by atoms with Crippen molar-refractivity contribution >= 4 is 5.91 Å². The Hall–Kier alpha value is -1.39. The first-order valence-electron chi connectivity index (χ1n) is 6.25. The van der Waals surface area contributed by atoms with Crippen LogP contribution in [0, 0.1) is 6.92 Å². The minimum absolute atomic E-state index is 0.0425. The minimum atomic E-state index is -0.862. The zero-order chi connectivity index (χ0) is 13.2. The zero-order valence-electron chi connectivity index (χ0n) is 10.9. The molecule has 2 rings (SSSR count). The van der Waals surface area contributed by atoms with Crippen molar-refractivity contribution < 1.29 is 9.53 Å². The van der Waals surface area contributed by atoms with Crippen LogP contribution >= 0.6 is 0 Å². The van der Waals surface area contributed by atoms with Crippen molar-refractivity contribution in [3.63, 3.8) is 0 Å². The highest BCUT2D eigenvalue weighted by Gasteiger charge is 2.38. The first-order chi connectivity index (χ1) is 8.51. The Morgan fingerprint density at radius 2 is 2.11 bits per heavy atom. The molecule has 4 nitrogen and oxygen atoms in total. The van der Waals surface area contributed by atoms with Crippen molar-refractivity contribution in [1.29, 1.82) is 0 Å². The van der Waals surface area contributed by atoms with Crippen LogP contribution < -0.4 is 11.1 Å². The topological polar surface area (TPSA) is 64.4 Å². The molecule has 98 valence electrons. The summed E-state index contributed by atoms with van der Waals surface area (Å²) in [5.41, 5.74) is 7.44. The van der Waals surface area contributed by atoms with Crippen LogP contribution in [0.5, 0.6) is 0 Å². The zero-order valence-corrected chi connectivity index (χ0v) is 10.9. The minimum Gasteiger partial charge on any atom is -0.379 e. The lowest BCUT2D eigenvalue weighted by molar-refractivity contribution is -0.127. The van der Waals surface area contributed by atoms with E-state index in [2.05, 4.69) is 5.32 Å². The van der Waals surface area contributed by atoms with Gasteiger partial charge in [-0.25, -0.2) is 0 Å². The predicted molar refractivity (Wildman–Crippen MR) is 70.1 cm³/mol. The summed E-state index contributed by atoms with van der Waals surface area (Å²) in [5.74, 6) is -0.131. The summed E-state index contributed by atoms with van der Waals surface area (Å²) >= 11 is 0. The van der Waals surface area contributed by atoms with Gasteiger partial charge in [-0.15, -0.1) is 0 Å². The molecule has 1 aromatic carbocycles. The summed E-state index contributed by atoms with van der Waals surface area (Å²) in [6, 6.07) is 8.08. The second-order valence-electron chi connectivity index (χ2n) is 5.06. The fourth-order valence-corrected chi connectivity index (χ4v) is 2.04. The van der Waals surface area contributed by atoms with Gasteiger partial charge in [0.15, 0.2) is 0 Å². The second kappa shape index (κ2) is 5.08. The number of ether oxygens (including phenoxy) is 1. The van der Waals surface area contributed by atoms with Crippen molar-refractivity contribution in [1.82, 2.24) is 5.32 Å². The maximum absolute atomic E-state index is 12.1. The van der Waals surface area contributed by atoms with Gasteiger partial charge >= 0.3 is 0 Å². The molecule has 18 heavy (non-hydrogen) atoms. The van der Waals surface area contributed by atoms with Crippen LogP contribution in [-0.2, 0) is 9.53 Å². The molecule has 0 bridgehead atoms. The van der Waals surface area contributed by atoms with Gasteiger partial charge in [-0.2, -0.15) is 0 Å². The molecule has 1 aromatic rings. The summed E-state index contributed by atoms with van der Waals surface area (Å²) in [4.78, 5) is 12.1. The highest BCUT2D eigenvalue weighted by Crippen LogP contribution is 2.19. The molecular weight excluding hydrogens is 228 g/mol. The normalized spacial score (nSPS) is 24.8. The summed E-state index contributed by atoms with van der Waals surface area (Å²) in [5, 5.41) is 2.95. The molecule has 2 atom stereocenters. The first kappa shape index (κ1) is 13.1. The molecule has 0 saturated carbocycles. The van der Waals surface area contributed by atoms with Crippen molar-refractivity contribution in [3.8, 4) is 0 Å². The summed E-state index contributed by atoms with van der Waals surface area (Å²) in [6.45, 7) is 4.86. The van der Waals surface area contributed by atoms with E-state index in [0.29, 0.717) is 19.6 Å². The van der Waals surface area contributed by atoms with Gasteiger partial charge in [0.2, 0.25) is 5.91 Å². The number of nitrogens with two attached hydrogens (primary N) is 1. The van der Waals surface area contributed by atoms with Crippen LogP contribution in [-0.4, -0.2) is 24.7 Å². The number of carbonyl (C=O) groups excluding carboxylic acids is 1. The van der Waals surface area contributed by atoms with Gasteiger partial charge in [-0.05, 0) is 25.8 Å². The average Bonchev–Trinajstić information content (AvgIpc) is 2.78. The lowest BCUT2D eigenvalue weighted by Crippen LogP contribution is -2.54. The highest BCUT2D eigenvalue weighted by atomic mass is 16.5. The lowest BCUT2D eigenvalue weighted by Gasteiger charge is -2.24. The van der Waals surface area contributed by atoms with Crippen molar-refractivity contribution in [2.45, 2.75) is 31.8 Å². The Morgan fingerprint density at radius 3 is 2.67 bits per heavy atom. The van der Waals surface area contributed by atoms with E-state index in [0.717, 1.165) is 5.56 Å². The molecule has 1 heterocycles. The van der Waals surface area contributed by atoms with Gasteiger partial charge in [0.25, 0.3) is 0 Å². The fraction of sp³-hybridized carbons (Fsp3) is 0.500. The lowest BCUT2D eigenvalue weighted by atomic mass is 9.98. The van der Waals surface area contributed by atoms with Gasteiger partial charge in [0.05, 0.1) is 12.6 Å². The second-order valence-corrected chi connectivity index (χ2v) is 5.06. The Labute approximate surface area is 108 Å². The number of benzene rings is 1. The number of aryl methyl sites for hydroxylation is 1. The Morgan fingerprint density at radius 1 is 1.44 bits per heavy atom. The maximum Gasteiger partial charge on any atom is 0.243 e. The van der Waals surface area contributed by atoms with Crippen molar-refractivity contribution in [2.75, 3.05) is 13.2 Å². The van der Waals surface area contributed by atoms with Crippen LogP contribution in [0.3, 0.4) is 0 Å². The highest BCUT2D eigenvalue weighted by molar-refractivity contribution is 5.86. The molecule has 1 aliphatic rings. The fourth-order valence-electron chi connectivity index (χ4n) is 2.04. The van der Waals surface area contributed by atoms with Gasteiger partial charge in [-0.3, -0.25) is 4.79 Å². The molecule has 1 fully saturated rings. The monoisotopic (exact) mass is 248 g/mol. The largest absolute Gasteiger partial charge is 0.379 e. The Bertz CT molecular complexity index is 422. The van der Waals surface area contributed by atoms with Crippen LogP contribution in [0.2, 0.25) is 0 Å². The number of rotatable bonds is 3. The van der Waals surface area contributed by atoms with E-state index in [4.69, 9.17) is 10.5 Å². The molecule has 0 spiro atoms. The SMILES string of the molecule is Cc1ccc(C(C)NC(=O)C2(N)CCOC2)cc1. The number of carbonyl (C=O) groups is 1. The molecule has 0 aliphatic carbocycles. The molecule has 0 radical (unpaired) electrons. The third kappa shape index (κ3) is 2.71. The molecule has 2 unspecified atom stereocenters. The number of amides is 1. The van der Waals surface area contributed by atoms with E-state index in [1.54, 1.807) is 0 Å². The van der Waals surface area contributed by atoms with Gasteiger partial charge in [0, 0.05) is 6.61 Å². The number of hydrogen-bond donors (Lipinski definition) is 2. The third-order valence-electron chi connectivity index (χ3n) is 3.43. The number of nitrogens with one attached hydrogen (secondary N) is 1. The Kier molecular flexibility index (Phi) is 3.68. The van der Waals surface area contributed by atoms with Crippen LogP contribution in [0.15, 0.2) is 24.3 Å². The quantitative estimate of drug-likeness (QED) is 0.847. The standard InChI is InChI=1S/C14H20N2O2/c1-10-3-5-12(6-4-10)11(2)16-13(17)14(15)7-8-18-9-14/h3-6,11H,7-9,15H2,1-2H3,(H,16,17). The summed E-state index contributed by atoms with van der Waals surface area (Å²) in [6.07, 6.45) is 0.583. The van der Waals surface area contributed by atoms with Crippen LogP contribution in [0.25, 0.3) is 0 Å². The van der Waals surface area contributed by atoms with Crippen LogP contribution in [0.4, 0.5) is 0 Å². The average molecular weight is 248 g/mol. The van der Waals surface area contributed by atoms with E-state index < -0.39 is 5.54 Å². The van der Waals surface area contributed by atoms with E-state index in [1.807, 2.05) is 38.1 Å². The molecule has 1 saturated heterocycles. The third-order valence-corrected chi connectivity index (χ3v) is 3.43. The first-order valence-corrected chi connectivity index (χ1v) is 6.25. The van der Waals surface area contributed by atoms with Gasteiger partial charge in [-0.1, -0.05) is 29.8 Å². The van der Waals surface area contributed by atoms with Crippen molar-refractivity contribution in [2.24, 2.45) is 5.73 Å². The van der Waals surface area contributed by atoms with E-state index in [-0.39, 0.29) is 11.9 Å². The molecule has 4 heteroatoms. The van der Waals surface area contributed by atoms with Crippen LogP contribution in [0.1, 0.15) is 30.5 Å². The van der Waals surface area contributed by atoms with E-state index >= 15 is 0 Å². The molecule has 1 aliphatic heterocycles. The molecule has 0 aromatic heterocycles. The van der Waals surface area contributed by atoms with Crippen molar-refractivity contribution in [3.05, 3.63) is 35.4 Å². The summed E-state index contributed by atoms with van der Waals surface area (Å²) in [7, 11) is 0. The Balaban J connectivity index is 2.00. The molecule has 1 amide bonds. The molecule has 3 N–H and O–H groups in total. The summed E-state index contributed by atoms with van der Waals surface area (Å²) < 4.78 is 5.20. The maximum atomic E-state index is 12.1. The smallest absolute Gasteiger partial charge is 0.243 e. The van der Waals surface area contributed by atoms with Gasteiger partial charge < -0.3 is 15.8 Å². The number of hydrogen-bond acceptors (Lipinski definition) is 3. The molecular formula is C14H20N2O2. The van der Waals surface area contributed by atoms with E-state index in [9.17, 15) is 4.79 Å². The van der Waals surface area contributed by atoms with Gasteiger partial charge in [0.1, 0.15) is 5.54 Å².